The predicted molar refractivity (Wildman–Crippen MR) is 86.9 cm³/mol. The minimum atomic E-state index is -4.65. The molecule has 1 N–H and O–H groups in total. The first-order valence-electron chi connectivity index (χ1n) is 7.66. The molecular weight excluding hydrogens is 373 g/mol. The van der Waals surface area contributed by atoms with Crippen molar-refractivity contribution in [1.29, 1.82) is 0 Å². The summed E-state index contributed by atoms with van der Waals surface area (Å²) >= 11 is 6.05. The van der Waals surface area contributed by atoms with Gasteiger partial charge in [-0.25, -0.2) is 9.50 Å². The maximum atomic E-state index is 13.2. The number of nitrogens with zero attached hydrogens (tertiary/aromatic N) is 5. The predicted octanol–water partition coefficient (Wildman–Crippen LogP) is 2.73. The lowest BCUT2D eigenvalue weighted by Gasteiger charge is -2.09. The summed E-state index contributed by atoms with van der Waals surface area (Å²) in [6, 6.07) is 2.63. The lowest BCUT2D eigenvalue weighted by atomic mass is 10.3. The quantitative estimate of drug-likeness (QED) is 0.684. The van der Waals surface area contributed by atoms with Crippen molar-refractivity contribution in [1.82, 2.24) is 29.7 Å². The highest BCUT2D eigenvalue weighted by molar-refractivity contribution is 6.36. The molecule has 0 aliphatic heterocycles. The molecule has 0 aromatic carbocycles. The van der Waals surface area contributed by atoms with Crippen LogP contribution in [0.25, 0.3) is 5.65 Å². The Bertz CT molecular complexity index is 935. The van der Waals surface area contributed by atoms with Gasteiger partial charge in [0.05, 0.1) is 0 Å². The monoisotopic (exact) mass is 386 g/mol. The number of carbonyl (C=O) groups excluding carboxylic acids is 1. The van der Waals surface area contributed by atoms with Crippen molar-refractivity contribution in [3.63, 3.8) is 0 Å². The van der Waals surface area contributed by atoms with Crippen LogP contribution in [0.3, 0.4) is 0 Å². The summed E-state index contributed by atoms with van der Waals surface area (Å²) in [5, 5.41) is 10.1. The summed E-state index contributed by atoms with van der Waals surface area (Å²) in [6.07, 6.45) is -0.641. The van der Waals surface area contributed by atoms with Gasteiger partial charge in [0.1, 0.15) is 10.7 Å². The SMILES string of the molecule is Cc1cc(C(F)(F)F)n2nc(C(=O)NCCCn3cccn3)c(Cl)c2n1. The van der Waals surface area contributed by atoms with Crippen molar-refractivity contribution in [3.8, 4) is 0 Å². The molecule has 0 radical (unpaired) electrons. The van der Waals surface area contributed by atoms with E-state index in [0.29, 0.717) is 24.0 Å². The number of alkyl halides is 3. The van der Waals surface area contributed by atoms with Gasteiger partial charge in [-0.3, -0.25) is 9.48 Å². The Hall–Kier alpha value is -2.62. The standard InChI is InChI=1S/C15H14ClF3N6O/c1-9-8-10(15(17,18)19)25-13(22-9)11(16)12(23-25)14(26)20-4-2-6-24-7-3-5-21-24/h3,5,7-8H,2,4,6H2,1H3,(H,20,26). The van der Waals surface area contributed by atoms with E-state index in [0.717, 1.165) is 6.07 Å². The molecule has 3 aromatic rings. The summed E-state index contributed by atoms with van der Waals surface area (Å²) in [7, 11) is 0. The zero-order chi connectivity index (χ0) is 18.9. The van der Waals surface area contributed by atoms with Gasteiger partial charge in [-0.05, 0) is 25.5 Å². The largest absolute Gasteiger partial charge is 0.433 e. The fourth-order valence-electron chi connectivity index (χ4n) is 2.42. The van der Waals surface area contributed by atoms with Crippen molar-refractivity contribution >= 4 is 23.2 Å². The summed E-state index contributed by atoms with van der Waals surface area (Å²) in [5.74, 6) is -0.660. The molecule has 3 heterocycles. The lowest BCUT2D eigenvalue weighted by molar-refractivity contribution is -0.142. The average Bonchev–Trinajstić information content (AvgIpc) is 3.19. The van der Waals surface area contributed by atoms with E-state index in [2.05, 4.69) is 20.5 Å². The van der Waals surface area contributed by atoms with Gasteiger partial charge in [-0.1, -0.05) is 11.6 Å². The average molecular weight is 387 g/mol. The molecule has 0 fully saturated rings. The second-order valence-corrected chi connectivity index (χ2v) is 5.94. The number of halogens is 4. The summed E-state index contributed by atoms with van der Waals surface area (Å²) < 4.78 is 41.8. The second kappa shape index (κ2) is 6.94. The van der Waals surface area contributed by atoms with Gasteiger partial charge in [0.25, 0.3) is 5.91 Å². The summed E-state index contributed by atoms with van der Waals surface area (Å²) in [5.41, 5.74) is -1.42. The van der Waals surface area contributed by atoms with Gasteiger partial charge in [0.15, 0.2) is 11.3 Å². The molecule has 1 amide bonds. The lowest BCUT2D eigenvalue weighted by Crippen LogP contribution is -2.26. The Morgan fingerprint density at radius 3 is 2.81 bits per heavy atom. The normalized spacial score (nSPS) is 11.9. The number of fused-ring (bicyclic) bond motifs is 1. The van der Waals surface area contributed by atoms with Crippen LogP contribution in [0.1, 0.15) is 28.3 Å². The maximum absolute atomic E-state index is 13.2. The molecule has 11 heteroatoms. The van der Waals surface area contributed by atoms with Crippen LogP contribution in [0, 0.1) is 6.92 Å². The fourth-order valence-corrected chi connectivity index (χ4v) is 2.67. The number of nitrogens with one attached hydrogen (secondary N) is 1. The first kappa shape index (κ1) is 18.2. The molecule has 0 aliphatic rings. The molecule has 3 rings (SSSR count). The number of hydrogen-bond acceptors (Lipinski definition) is 4. The summed E-state index contributed by atoms with van der Waals surface area (Å²) in [6.45, 7) is 2.29. The molecule has 0 aliphatic carbocycles. The van der Waals surface area contributed by atoms with Crippen molar-refractivity contribution in [2.45, 2.75) is 26.1 Å². The topological polar surface area (TPSA) is 77.1 Å². The Balaban J connectivity index is 1.79. The Labute approximate surface area is 150 Å². The number of aryl methyl sites for hydroxylation is 2. The molecule has 0 unspecified atom stereocenters. The number of amides is 1. The fraction of sp³-hybridized carbons (Fsp3) is 0.333. The van der Waals surface area contributed by atoms with E-state index in [9.17, 15) is 18.0 Å². The second-order valence-electron chi connectivity index (χ2n) is 5.56. The van der Waals surface area contributed by atoms with E-state index in [1.807, 2.05) is 0 Å². The van der Waals surface area contributed by atoms with Crippen LogP contribution in [-0.2, 0) is 12.7 Å². The highest BCUT2D eigenvalue weighted by atomic mass is 35.5. The van der Waals surface area contributed by atoms with Gasteiger partial charge in [-0.15, -0.1) is 0 Å². The van der Waals surface area contributed by atoms with Crippen molar-refractivity contribution in [2.75, 3.05) is 6.54 Å². The number of rotatable bonds is 5. The van der Waals surface area contributed by atoms with Crippen molar-refractivity contribution in [3.05, 3.63) is 46.6 Å². The van der Waals surface area contributed by atoms with Gasteiger partial charge in [0.2, 0.25) is 0 Å². The van der Waals surface area contributed by atoms with Gasteiger partial charge in [0, 0.05) is 31.2 Å². The minimum absolute atomic E-state index is 0.123. The minimum Gasteiger partial charge on any atom is -0.351 e. The number of hydrogen-bond donors (Lipinski definition) is 1. The maximum Gasteiger partial charge on any atom is 0.433 e. The Morgan fingerprint density at radius 1 is 1.38 bits per heavy atom. The van der Waals surface area contributed by atoms with Crippen LogP contribution < -0.4 is 5.32 Å². The van der Waals surface area contributed by atoms with Crippen molar-refractivity contribution in [2.24, 2.45) is 0 Å². The molecule has 0 spiro atoms. The van der Waals surface area contributed by atoms with Crippen LogP contribution in [-0.4, -0.2) is 36.8 Å². The Kier molecular flexibility index (Phi) is 4.86. The molecule has 0 atom stereocenters. The van der Waals surface area contributed by atoms with Gasteiger partial charge in [-0.2, -0.15) is 23.4 Å². The molecule has 0 bridgehead atoms. The van der Waals surface area contributed by atoms with Crippen LogP contribution in [0.2, 0.25) is 5.02 Å². The first-order valence-corrected chi connectivity index (χ1v) is 8.04. The highest BCUT2D eigenvalue weighted by Gasteiger charge is 2.36. The van der Waals surface area contributed by atoms with E-state index in [4.69, 9.17) is 11.6 Å². The van der Waals surface area contributed by atoms with Crippen LogP contribution in [0.5, 0.6) is 0 Å². The third kappa shape index (κ3) is 3.64. The zero-order valence-electron chi connectivity index (χ0n) is 13.6. The molecule has 3 aromatic heterocycles. The van der Waals surface area contributed by atoms with E-state index in [1.165, 1.54) is 6.92 Å². The van der Waals surface area contributed by atoms with Gasteiger partial charge >= 0.3 is 6.18 Å². The highest BCUT2D eigenvalue weighted by Crippen LogP contribution is 2.32. The molecule has 7 nitrogen and oxygen atoms in total. The molecule has 0 saturated carbocycles. The van der Waals surface area contributed by atoms with Crippen LogP contribution in [0.15, 0.2) is 24.5 Å². The number of carbonyl (C=O) groups is 1. The van der Waals surface area contributed by atoms with E-state index in [-0.39, 0.29) is 22.1 Å². The third-order valence-corrected chi connectivity index (χ3v) is 3.92. The van der Waals surface area contributed by atoms with Crippen LogP contribution in [0.4, 0.5) is 13.2 Å². The molecule has 26 heavy (non-hydrogen) atoms. The zero-order valence-corrected chi connectivity index (χ0v) is 14.3. The van der Waals surface area contributed by atoms with Crippen molar-refractivity contribution < 1.29 is 18.0 Å². The van der Waals surface area contributed by atoms with E-state index in [1.54, 1.807) is 23.1 Å². The molecule has 0 saturated heterocycles. The molecular formula is C15H14ClF3N6O. The number of aromatic nitrogens is 5. The summed E-state index contributed by atoms with van der Waals surface area (Å²) in [4.78, 5) is 16.2. The Morgan fingerprint density at radius 2 is 2.15 bits per heavy atom. The first-order chi connectivity index (χ1) is 12.3. The van der Waals surface area contributed by atoms with Crippen LogP contribution >= 0.6 is 11.6 Å². The molecule has 138 valence electrons. The van der Waals surface area contributed by atoms with E-state index < -0.39 is 17.8 Å². The smallest absolute Gasteiger partial charge is 0.351 e. The van der Waals surface area contributed by atoms with E-state index >= 15 is 0 Å². The van der Waals surface area contributed by atoms with Gasteiger partial charge < -0.3 is 5.32 Å². The third-order valence-electron chi connectivity index (χ3n) is 3.58.